The largest absolute Gasteiger partial charge is 0.379 e. The lowest BCUT2D eigenvalue weighted by Gasteiger charge is -2.22. The Labute approximate surface area is 56.6 Å². The number of rotatable bonds is 2. The standard InChI is InChI=1S/C7H14NO/c1-2-3-7-6-9-5-4-8-7/h3,7-8H,2,4-6H2,1H3. The molecule has 0 saturated carbocycles. The van der Waals surface area contributed by atoms with Crippen molar-refractivity contribution < 1.29 is 4.74 Å². The van der Waals surface area contributed by atoms with Crippen molar-refractivity contribution in [1.82, 2.24) is 5.32 Å². The topological polar surface area (TPSA) is 21.3 Å². The molecule has 1 aliphatic heterocycles. The van der Waals surface area contributed by atoms with Crippen LogP contribution < -0.4 is 5.32 Å². The van der Waals surface area contributed by atoms with Crippen LogP contribution in [-0.4, -0.2) is 25.8 Å². The van der Waals surface area contributed by atoms with Gasteiger partial charge in [-0.05, 0) is 6.42 Å². The Balaban J connectivity index is 2.08. The first kappa shape index (κ1) is 7.03. The second kappa shape index (κ2) is 3.85. The van der Waals surface area contributed by atoms with Crippen molar-refractivity contribution in [2.24, 2.45) is 0 Å². The molecule has 0 amide bonds. The van der Waals surface area contributed by atoms with Crippen LogP contribution in [0.15, 0.2) is 0 Å². The fraction of sp³-hybridized carbons (Fsp3) is 0.857. The number of hydrogen-bond donors (Lipinski definition) is 1. The Kier molecular flexibility index (Phi) is 3.01. The second-order valence-electron chi connectivity index (χ2n) is 2.28. The zero-order valence-corrected chi connectivity index (χ0v) is 5.89. The molecule has 0 bridgehead atoms. The van der Waals surface area contributed by atoms with Crippen molar-refractivity contribution in [3.05, 3.63) is 6.42 Å². The van der Waals surface area contributed by atoms with E-state index in [2.05, 4.69) is 18.7 Å². The lowest BCUT2D eigenvalue weighted by Crippen LogP contribution is -2.41. The molecule has 0 aromatic heterocycles. The smallest absolute Gasteiger partial charge is 0.0623 e. The second-order valence-corrected chi connectivity index (χ2v) is 2.28. The van der Waals surface area contributed by atoms with E-state index in [1.54, 1.807) is 0 Å². The summed E-state index contributed by atoms with van der Waals surface area (Å²) in [5.41, 5.74) is 0. The zero-order valence-electron chi connectivity index (χ0n) is 5.89. The average molecular weight is 128 g/mol. The highest BCUT2D eigenvalue weighted by molar-refractivity contribution is 4.83. The first-order valence-corrected chi connectivity index (χ1v) is 3.58. The van der Waals surface area contributed by atoms with E-state index in [0.29, 0.717) is 6.04 Å². The minimum absolute atomic E-state index is 0.503. The first-order chi connectivity index (χ1) is 4.43. The normalized spacial score (nSPS) is 28.3. The molecule has 2 nitrogen and oxygen atoms in total. The highest BCUT2D eigenvalue weighted by Crippen LogP contribution is 1.98. The molecule has 0 aliphatic carbocycles. The minimum atomic E-state index is 0.503. The SMILES string of the molecule is CC[CH]C1COCCN1. The van der Waals surface area contributed by atoms with Crippen LogP contribution in [0.2, 0.25) is 0 Å². The summed E-state index contributed by atoms with van der Waals surface area (Å²) in [7, 11) is 0. The van der Waals surface area contributed by atoms with Crippen LogP contribution in [0.5, 0.6) is 0 Å². The number of nitrogens with one attached hydrogen (secondary N) is 1. The summed E-state index contributed by atoms with van der Waals surface area (Å²) >= 11 is 0. The molecule has 1 radical (unpaired) electrons. The van der Waals surface area contributed by atoms with Crippen LogP contribution in [0.25, 0.3) is 0 Å². The molecule has 53 valence electrons. The van der Waals surface area contributed by atoms with Gasteiger partial charge in [-0.15, -0.1) is 0 Å². The van der Waals surface area contributed by atoms with E-state index in [-0.39, 0.29) is 0 Å². The summed E-state index contributed by atoms with van der Waals surface area (Å²) in [4.78, 5) is 0. The lowest BCUT2D eigenvalue weighted by molar-refractivity contribution is 0.0852. The molecular weight excluding hydrogens is 114 g/mol. The molecule has 1 saturated heterocycles. The van der Waals surface area contributed by atoms with Crippen molar-refractivity contribution in [3.8, 4) is 0 Å². The van der Waals surface area contributed by atoms with E-state index in [4.69, 9.17) is 4.74 Å². The number of ether oxygens (including phenoxy) is 1. The van der Waals surface area contributed by atoms with Gasteiger partial charge in [-0.1, -0.05) is 13.3 Å². The third-order valence-corrected chi connectivity index (χ3v) is 1.47. The van der Waals surface area contributed by atoms with Gasteiger partial charge in [0.2, 0.25) is 0 Å². The van der Waals surface area contributed by atoms with E-state index in [9.17, 15) is 0 Å². The summed E-state index contributed by atoms with van der Waals surface area (Å²) in [6.07, 6.45) is 3.38. The molecule has 1 atom stereocenters. The van der Waals surface area contributed by atoms with E-state index >= 15 is 0 Å². The highest BCUT2D eigenvalue weighted by Gasteiger charge is 2.10. The first-order valence-electron chi connectivity index (χ1n) is 3.58. The van der Waals surface area contributed by atoms with Gasteiger partial charge in [0.1, 0.15) is 0 Å². The molecule has 1 fully saturated rings. The van der Waals surface area contributed by atoms with E-state index in [1.807, 2.05) is 0 Å². The van der Waals surface area contributed by atoms with Crippen molar-refractivity contribution in [2.45, 2.75) is 19.4 Å². The molecule has 0 aromatic carbocycles. The fourth-order valence-corrected chi connectivity index (χ4v) is 1.02. The van der Waals surface area contributed by atoms with Gasteiger partial charge < -0.3 is 10.1 Å². The van der Waals surface area contributed by atoms with Crippen molar-refractivity contribution in [3.63, 3.8) is 0 Å². The fourth-order valence-electron chi connectivity index (χ4n) is 1.02. The van der Waals surface area contributed by atoms with Gasteiger partial charge in [0.15, 0.2) is 0 Å². The molecule has 0 spiro atoms. The molecule has 1 heterocycles. The Morgan fingerprint density at radius 3 is 3.22 bits per heavy atom. The Bertz CT molecular complexity index is 66.6. The molecule has 1 rings (SSSR count). The highest BCUT2D eigenvalue weighted by atomic mass is 16.5. The zero-order chi connectivity index (χ0) is 6.53. The number of hydrogen-bond acceptors (Lipinski definition) is 2. The maximum absolute atomic E-state index is 5.24. The predicted octanol–water partition coefficient (Wildman–Crippen LogP) is 0.589. The van der Waals surface area contributed by atoms with Gasteiger partial charge in [-0.3, -0.25) is 0 Å². The Morgan fingerprint density at radius 1 is 1.78 bits per heavy atom. The summed E-state index contributed by atoms with van der Waals surface area (Å²) in [6.45, 7) is 4.87. The third-order valence-electron chi connectivity index (χ3n) is 1.47. The van der Waals surface area contributed by atoms with E-state index in [1.165, 1.54) is 0 Å². The van der Waals surface area contributed by atoms with Crippen molar-refractivity contribution >= 4 is 0 Å². The third kappa shape index (κ3) is 2.33. The van der Waals surface area contributed by atoms with Gasteiger partial charge in [0.25, 0.3) is 0 Å². The van der Waals surface area contributed by atoms with Gasteiger partial charge in [0.05, 0.1) is 13.2 Å². The summed E-state index contributed by atoms with van der Waals surface area (Å²) < 4.78 is 5.24. The Hall–Kier alpha value is -0.0800. The molecule has 1 N–H and O–H groups in total. The van der Waals surface area contributed by atoms with Crippen LogP contribution in [0.3, 0.4) is 0 Å². The maximum Gasteiger partial charge on any atom is 0.0623 e. The van der Waals surface area contributed by atoms with E-state index in [0.717, 1.165) is 26.2 Å². The van der Waals surface area contributed by atoms with Gasteiger partial charge >= 0.3 is 0 Å². The molecule has 0 aromatic rings. The van der Waals surface area contributed by atoms with E-state index < -0.39 is 0 Å². The monoisotopic (exact) mass is 128 g/mol. The molecule has 1 aliphatic rings. The van der Waals surface area contributed by atoms with Crippen molar-refractivity contribution in [1.29, 1.82) is 0 Å². The van der Waals surface area contributed by atoms with Crippen molar-refractivity contribution in [2.75, 3.05) is 19.8 Å². The lowest BCUT2D eigenvalue weighted by atomic mass is 10.2. The quantitative estimate of drug-likeness (QED) is 0.587. The summed E-state index contributed by atoms with van der Waals surface area (Å²) in [5.74, 6) is 0. The van der Waals surface area contributed by atoms with Crippen LogP contribution >= 0.6 is 0 Å². The average Bonchev–Trinajstić information content (AvgIpc) is 1.91. The van der Waals surface area contributed by atoms with Crippen LogP contribution in [0.4, 0.5) is 0 Å². The predicted molar refractivity (Wildman–Crippen MR) is 37.2 cm³/mol. The Morgan fingerprint density at radius 2 is 2.67 bits per heavy atom. The molecule has 2 heteroatoms. The minimum Gasteiger partial charge on any atom is -0.379 e. The molecule has 9 heavy (non-hydrogen) atoms. The summed E-state index contributed by atoms with van der Waals surface area (Å²) in [5, 5.41) is 3.34. The number of morpholine rings is 1. The van der Waals surface area contributed by atoms with Crippen LogP contribution in [0.1, 0.15) is 13.3 Å². The summed E-state index contributed by atoms with van der Waals surface area (Å²) in [6, 6.07) is 0.503. The van der Waals surface area contributed by atoms with Crippen LogP contribution in [-0.2, 0) is 4.74 Å². The maximum atomic E-state index is 5.24. The van der Waals surface area contributed by atoms with Gasteiger partial charge in [0, 0.05) is 12.6 Å². The van der Waals surface area contributed by atoms with Gasteiger partial charge in [-0.2, -0.15) is 0 Å². The van der Waals surface area contributed by atoms with Crippen LogP contribution in [0, 0.1) is 6.42 Å². The molecular formula is C7H14NO. The van der Waals surface area contributed by atoms with Gasteiger partial charge in [-0.25, -0.2) is 0 Å². The molecule has 1 unspecified atom stereocenters.